The first-order valence-corrected chi connectivity index (χ1v) is 4.98. The second-order valence-corrected chi connectivity index (χ2v) is 3.41. The summed E-state index contributed by atoms with van der Waals surface area (Å²) < 4.78 is 0. The molecule has 0 aromatic carbocycles. The summed E-state index contributed by atoms with van der Waals surface area (Å²) in [5.74, 6) is 0. The van der Waals surface area contributed by atoms with Crippen molar-refractivity contribution in [2.75, 3.05) is 26.2 Å². The Kier molecular flexibility index (Phi) is 5.32. The highest BCUT2D eigenvalue weighted by atomic mass is 16.3. The summed E-state index contributed by atoms with van der Waals surface area (Å²) in [6.07, 6.45) is 4.98. The molecule has 0 bridgehead atoms. The lowest BCUT2D eigenvalue weighted by atomic mass is 9.93. The lowest BCUT2D eigenvalue weighted by Crippen LogP contribution is -2.39. The first-order valence-electron chi connectivity index (χ1n) is 4.98. The molecule has 0 heterocycles. The molecular weight excluding hydrogens is 152 g/mol. The minimum Gasteiger partial charge on any atom is -0.396 e. The van der Waals surface area contributed by atoms with Crippen LogP contribution in [0.25, 0.3) is 0 Å². The van der Waals surface area contributed by atoms with E-state index in [9.17, 15) is 0 Å². The van der Waals surface area contributed by atoms with Gasteiger partial charge in [-0.05, 0) is 25.8 Å². The van der Waals surface area contributed by atoms with Crippen molar-refractivity contribution >= 4 is 0 Å². The zero-order valence-corrected chi connectivity index (χ0v) is 7.68. The van der Waals surface area contributed by atoms with Crippen molar-refractivity contribution in [3.05, 3.63) is 0 Å². The van der Waals surface area contributed by atoms with E-state index in [4.69, 9.17) is 5.11 Å². The van der Waals surface area contributed by atoms with Crippen LogP contribution in [0.15, 0.2) is 0 Å². The van der Waals surface area contributed by atoms with Gasteiger partial charge >= 0.3 is 0 Å². The Morgan fingerprint density at radius 2 is 2.00 bits per heavy atom. The summed E-state index contributed by atoms with van der Waals surface area (Å²) in [6, 6.07) is 0.796. The molecule has 1 saturated carbocycles. The summed E-state index contributed by atoms with van der Waals surface area (Å²) >= 11 is 0. The predicted octanol–water partition coefficient (Wildman–Crippen LogP) is 0.100. The normalized spacial score (nSPS) is 17.8. The molecule has 72 valence electrons. The maximum absolute atomic E-state index is 8.50. The van der Waals surface area contributed by atoms with Crippen molar-refractivity contribution < 1.29 is 5.11 Å². The predicted molar refractivity (Wildman–Crippen MR) is 50.2 cm³/mol. The lowest BCUT2D eigenvalue weighted by molar-refractivity contribution is 0.285. The van der Waals surface area contributed by atoms with Gasteiger partial charge in [0.15, 0.2) is 0 Å². The van der Waals surface area contributed by atoms with Crippen LogP contribution in [0.3, 0.4) is 0 Å². The van der Waals surface area contributed by atoms with Crippen molar-refractivity contribution in [3.63, 3.8) is 0 Å². The van der Waals surface area contributed by atoms with E-state index >= 15 is 0 Å². The minimum atomic E-state index is 0.295. The van der Waals surface area contributed by atoms with Crippen LogP contribution in [-0.4, -0.2) is 37.4 Å². The van der Waals surface area contributed by atoms with E-state index in [1.54, 1.807) is 0 Å². The van der Waals surface area contributed by atoms with E-state index in [0.29, 0.717) is 6.61 Å². The van der Waals surface area contributed by atoms with Crippen LogP contribution in [0.4, 0.5) is 0 Å². The van der Waals surface area contributed by atoms with Crippen molar-refractivity contribution in [2.24, 2.45) is 0 Å². The van der Waals surface area contributed by atoms with Crippen LogP contribution in [0.2, 0.25) is 0 Å². The van der Waals surface area contributed by atoms with Crippen molar-refractivity contribution in [3.8, 4) is 0 Å². The van der Waals surface area contributed by atoms with Crippen molar-refractivity contribution in [1.82, 2.24) is 10.6 Å². The highest BCUT2D eigenvalue weighted by Gasteiger charge is 2.15. The van der Waals surface area contributed by atoms with Crippen molar-refractivity contribution in [2.45, 2.75) is 31.7 Å². The Balaban J connectivity index is 1.70. The lowest BCUT2D eigenvalue weighted by Gasteiger charge is -2.26. The fraction of sp³-hybridized carbons (Fsp3) is 1.00. The molecule has 1 aliphatic carbocycles. The Morgan fingerprint density at radius 1 is 1.17 bits per heavy atom. The highest BCUT2D eigenvalue weighted by Crippen LogP contribution is 2.17. The van der Waals surface area contributed by atoms with Gasteiger partial charge in [0.25, 0.3) is 0 Å². The van der Waals surface area contributed by atoms with Crippen LogP contribution in [-0.2, 0) is 0 Å². The van der Waals surface area contributed by atoms with Gasteiger partial charge in [0.05, 0.1) is 0 Å². The topological polar surface area (TPSA) is 44.3 Å². The summed E-state index contributed by atoms with van der Waals surface area (Å²) in [4.78, 5) is 0. The molecule has 3 nitrogen and oxygen atoms in total. The summed E-state index contributed by atoms with van der Waals surface area (Å²) in [6.45, 7) is 3.32. The Bertz CT molecular complexity index is 105. The largest absolute Gasteiger partial charge is 0.396 e. The third-order valence-electron chi connectivity index (χ3n) is 2.35. The smallest absolute Gasteiger partial charge is 0.0443 e. The summed E-state index contributed by atoms with van der Waals surface area (Å²) in [7, 11) is 0. The van der Waals surface area contributed by atoms with Crippen LogP contribution in [0.1, 0.15) is 25.7 Å². The molecule has 0 radical (unpaired) electrons. The molecule has 1 fully saturated rings. The van der Waals surface area contributed by atoms with Crippen molar-refractivity contribution in [1.29, 1.82) is 0 Å². The van der Waals surface area contributed by atoms with Gasteiger partial charge in [-0.15, -0.1) is 0 Å². The van der Waals surface area contributed by atoms with E-state index in [1.807, 2.05) is 0 Å². The Labute approximate surface area is 74.5 Å². The molecule has 0 atom stereocenters. The first-order chi connectivity index (χ1) is 5.93. The molecule has 1 aliphatic rings. The maximum Gasteiger partial charge on any atom is 0.0443 e. The fourth-order valence-electron chi connectivity index (χ4n) is 1.31. The summed E-state index contributed by atoms with van der Waals surface area (Å²) in [5.41, 5.74) is 0. The third kappa shape index (κ3) is 4.04. The van der Waals surface area contributed by atoms with Crippen LogP contribution in [0, 0.1) is 0 Å². The van der Waals surface area contributed by atoms with Crippen LogP contribution < -0.4 is 10.6 Å². The quantitative estimate of drug-likeness (QED) is 0.477. The number of aliphatic hydroxyl groups excluding tert-OH is 1. The third-order valence-corrected chi connectivity index (χ3v) is 2.35. The van der Waals surface area contributed by atoms with E-state index in [-0.39, 0.29) is 0 Å². The Hall–Kier alpha value is -0.120. The number of nitrogens with one attached hydrogen (secondary N) is 2. The van der Waals surface area contributed by atoms with E-state index in [2.05, 4.69) is 10.6 Å². The van der Waals surface area contributed by atoms with Gasteiger partial charge in [0, 0.05) is 25.7 Å². The van der Waals surface area contributed by atoms with E-state index < -0.39 is 0 Å². The molecule has 0 amide bonds. The molecule has 0 saturated heterocycles. The highest BCUT2D eigenvalue weighted by molar-refractivity contribution is 4.76. The van der Waals surface area contributed by atoms with Crippen LogP contribution >= 0.6 is 0 Å². The number of rotatable bonds is 7. The maximum atomic E-state index is 8.50. The van der Waals surface area contributed by atoms with Gasteiger partial charge in [0.2, 0.25) is 0 Å². The molecule has 12 heavy (non-hydrogen) atoms. The first kappa shape index (κ1) is 9.96. The molecule has 0 aromatic rings. The average molecular weight is 172 g/mol. The average Bonchev–Trinajstić information content (AvgIpc) is 2.00. The second kappa shape index (κ2) is 6.40. The van der Waals surface area contributed by atoms with Crippen LogP contribution in [0.5, 0.6) is 0 Å². The number of hydrogen-bond acceptors (Lipinski definition) is 3. The zero-order valence-electron chi connectivity index (χ0n) is 7.68. The van der Waals surface area contributed by atoms with Gasteiger partial charge in [0.1, 0.15) is 0 Å². The minimum absolute atomic E-state index is 0.295. The molecule has 0 aromatic heterocycles. The Morgan fingerprint density at radius 3 is 2.58 bits per heavy atom. The number of aliphatic hydroxyl groups is 1. The molecular formula is C9H20N2O. The molecule has 0 spiro atoms. The number of hydrogen-bond donors (Lipinski definition) is 3. The van der Waals surface area contributed by atoms with Gasteiger partial charge in [-0.25, -0.2) is 0 Å². The zero-order chi connectivity index (χ0) is 8.65. The molecule has 3 heteroatoms. The molecule has 0 unspecified atom stereocenters. The SMILES string of the molecule is OCCCNCCNC1CCC1. The fourth-order valence-corrected chi connectivity index (χ4v) is 1.31. The van der Waals surface area contributed by atoms with E-state index in [1.165, 1.54) is 19.3 Å². The van der Waals surface area contributed by atoms with Gasteiger partial charge in [-0.1, -0.05) is 6.42 Å². The van der Waals surface area contributed by atoms with Gasteiger partial charge in [-0.2, -0.15) is 0 Å². The molecule has 0 aliphatic heterocycles. The molecule has 3 N–H and O–H groups in total. The second-order valence-electron chi connectivity index (χ2n) is 3.41. The molecule has 1 rings (SSSR count). The van der Waals surface area contributed by atoms with Gasteiger partial charge in [-0.3, -0.25) is 0 Å². The van der Waals surface area contributed by atoms with Gasteiger partial charge < -0.3 is 15.7 Å². The monoisotopic (exact) mass is 172 g/mol. The summed E-state index contributed by atoms with van der Waals surface area (Å²) in [5, 5.41) is 15.2. The van der Waals surface area contributed by atoms with E-state index in [0.717, 1.165) is 32.1 Å². The standard InChI is InChI=1S/C9H20N2O/c12-8-2-5-10-6-7-11-9-3-1-4-9/h9-12H,1-8H2.